The Balaban J connectivity index is 4.77. The summed E-state index contributed by atoms with van der Waals surface area (Å²) >= 11 is 0. The van der Waals surface area contributed by atoms with Gasteiger partial charge in [-0.25, -0.2) is 9.59 Å². The van der Waals surface area contributed by atoms with Gasteiger partial charge in [0.05, 0.1) is 6.61 Å². The zero-order valence-electron chi connectivity index (χ0n) is 11.4. The Labute approximate surface area is 108 Å². The topological polar surface area (TPSA) is 78.9 Å². The molecule has 0 saturated carbocycles. The predicted octanol–water partition coefficient (Wildman–Crippen LogP) is 1.08. The van der Waals surface area contributed by atoms with Crippen LogP contribution in [-0.4, -0.2) is 53.8 Å². The van der Waals surface area contributed by atoms with Crippen LogP contribution in [0.4, 0.5) is 4.79 Å². The van der Waals surface area contributed by atoms with Gasteiger partial charge < -0.3 is 20.1 Å². The Morgan fingerprint density at radius 2 is 2.06 bits per heavy atom. The Morgan fingerprint density at radius 3 is 2.39 bits per heavy atom. The van der Waals surface area contributed by atoms with Gasteiger partial charge in [0.2, 0.25) is 0 Å². The summed E-state index contributed by atoms with van der Waals surface area (Å²) < 4.78 is 4.76. The monoisotopic (exact) mass is 258 g/mol. The van der Waals surface area contributed by atoms with E-state index in [-0.39, 0.29) is 6.61 Å². The average molecular weight is 258 g/mol. The second kappa shape index (κ2) is 7.00. The van der Waals surface area contributed by atoms with Gasteiger partial charge in [0.1, 0.15) is 0 Å². The quantitative estimate of drug-likeness (QED) is 0.699. The Kier molecular flexibility index (Phi) is 6.40. The molecule has 0 fully saturated rings. The Hall–Kier alpha value is -1.56. The number of urea groups is 1. The number of rotatable bonds is 6. The number of carboxylic acids is 1. The molecular formula is C12H22N2O4. The fourth-order valence-corrected chi connectivity index (χ4v) is 1.36. The van der Waals surface area contributed by atoms with E-state index in [0.29, 0.717) is 6.54 Å². The van der Waals surface area contributed by atoms with Crippen molar-refractivity contribution in [2.45, 2.75) is 32.4 Å². The van der Waals surface area contributed by atoms with Crippen molar-refractivity contribution in [1.82, 2.24) is 10.2 Å². The minimum Gasteiger partial charge on any atom is -0.480 e. The number of amides is 2. The lowest BCUT2D eigenvalue weighted by Gasteiger charge is -2.35. The van der Waals surface area contributed by atoms with Crippen molar-refractivity contribution in [2.75, 3.05) is 20.3 Å². The van der Waals surface area contributed by atoms with Gasteiger partial charge in [0.25, 0.3) is 0 Å². The lowest BCUT2D eigenvalue weighted by atomic mass is 10.1. The second-order valence-corrected chi connectivity index (χ2v) is 4.87. The van der Waals surface area contributed by atoms with Crippen LogP contribution in [0.5, 0.6) is 0 Å². The minimum atomic E-state index is -1.13. The van der Waals surface area contributed by atoms with E-state index >= 15 is 0 Å². The first kappa shape index (κ1) is 16.4. The van der Waals surface area contributed by atoms with Gasteiger partial charge in [-0.2, -0.15) is 0 Å². The van der Waals surface area contributed by atoms with Crippen molar-refractivity contribution in [2.24, 2.45) is 0 Å². The third-order valence-corrected chi connectivity index (χ3v) is 2.30. The normalized spacial score (nSPS) is 12.7. The van der Waals surface area contributed by atoms with Crippen LogP contribution >= 0.6 is 0 Å². The van der Waals surface area contributed by atoms with Gasteiger partial charge in [-0.3, -0.25) is 0 Å². The number of ether oxygens (including phenoxy) is 1. The standard InChI is InChI=1S/C12H22N2O4/c1-6-7-14(12(2,3)4)11(17)13-9(8-18-5)10(15)16/h6,9H,1,7-8H2,2-5H3,(H,13,17)(H,15,16). The highest BCUT2D eigenvalue weighted by Gasteiger charge is 2.28. The third-order valence-electron chi connectivity index (χ3n) is 2.30. The number of hydrogen-bond donors (Lipinski definition) is 2. The number of carbonyl (C=O) groups excluding carboxylic acids is 1. The van der Waals surface area contributed by atoms with Crippen LogP contribution in [0.1, 0.15) is 20.8 Å². The van der Waals surface area contributed by atoms with E-state index in [1.54, 1.807) is 6.08 Å². The second-order valence-electron chi connectivity index (χ2n) is 4.87. The number of hydrogen-bond acceptors (Lipinski definition) is 3. The molecule has 0 aromatic rings. The summed E-state index contributed by atoms with van der Waals surface area (Å²) in [7, 11) is 1.38. The van der Waals surface area contributed by atoms with Crippen LogP contribution in [0.15, 0.2) is 12.7 Å². The van der Waals surface area contributed by atoms with E-state index in [0.717, 1.165) is 0 Å². The maximum absolute atomic E-state index is 12.0. The van der Waals surface area contributed by atoms with Crippen molar-refractivity contribution < 1.29 is 19.4 Å². The van der Waals surface area contributed by atoms with E-state index in [2.05, 4.69) is 11.9 Å². The van der Waals surface area contributed by atoms with E-state index < -0.39 is 23.6 Å². The Bertz CT molecular complexity index is 310. The molecule has 0 bridgehead atoms. The summed E-state index contributed by atoms with van der Waals surface area (Å²) in [4.78, 5) is 24.4. The fraction of sp³-hybridized carbons (Fsp3) is 0.667. The average Bonchev–Trinajstić information content (AvgIpc) is 2.23. The van der Waals surface area contributed by atoms with Gasteiger partial charge in [0.15, 0.2) is 6.04 Å². The summed E-state index contributed by atoms with van der Waals surface area (Å²) in [6.07, 6.45) is 1.59. The van der Waals surface area contributed by atoms with Crippen molar-refractivity contribution in [3.63, 3.8) is 0 Å². The number of nitrogens with one attached hydrogen (secondary N) is 1. The highest BCUT2D eigenvalue weighted by Crippen LogP contribution is 2.13. The van der Waals surface area contributed by atoms with Gasteiger partial charge in [-0.1, -0.05) is 6.08 Å². The smallest absolute Gasteiger partial charge is 0.328 e. The van der Waals surface area contributed by atoms with Crippen LogP contribution in [-0.2, 0) is 9.53 Å². The largest absolute Gasteiger partial charge is 0.480 e. The zero-order valence-corrected chi connectivity index (χ0v) is 11.4. The molecule has 0 aromatic carbocycles. The molecule has 0 spiro atoms. The van der Waals surface area contributed by atoms with Crippen LogP contribution in [0.25, 0.3) is 0 Å². The maximum atomic E-state index is 12.0. The zero-order chi connectivity index (χ0) is 14.3. The minimum absolute atomic E-state index is 0.0762. The first-order valence-corrected chi connectivity index (χ1v) is 5.64. The first-order chi connectivity index (χ1) is 8.23. The molecule has 0 rings (SSSR count). The van der Waals surface area contributed by atoms with Gasteiger partial charge in [-0.05, 0) is 20.8 Å². The van der Waals surface area contributed by atoms with E-state index in [9.17, 15) is 9.59 Å². The summed E-state index contributed by atoms with van der Waals surface area (Å²) in [5.74, 6) is -1.13. The summed E-state index contributed by atoms with van der Waals surface area (Å²) in [5.41, 5.74) is -0.422. The van der Waals surface area contributed by atoms with Crippen LogP contribution in [0, 0.1) is 0 Å². The SMILES string of the molecule is C=CCN(C(=O)NC(COC)C(=O)O)C(C)(C)C. The molecule has 104 valence electrons. The molecular weight excluding hydrogens is 236 g/mol. The van der Waals surface area contributed by atoms with Crippen molar-refractivity contribution in [1.29, 1.82) is 0 Å². The molecule has 1 atom stereocenters. The van der Waals surface area contributed by atoms with Crippen molar-refractivity contribution in [3.05, 3.63) is 12.7 Å². The summed E-state index contributed by atoms with van der Waals surface area (Å²) in [6.45, 7) is 9.44. The molecule has 18 heavy (non-hydrogen) atoms. The molecule has 0 aliphatic heterocycles. The number of methoxy groups -OCH3 is 1. The van der Waals surface area contributed by atoms with Crippen LogP contribution in [0.2, 0.25) is 0 Å². The van der Waals surface area contributed by atoms with E-state index in [4.69, 9.17) is 9.84 Å². The summed E-state index contributed by atoms with van der Waals surface area (Å²) in [5, 5.41) is 11.4. The number of aliphatic carboxylic acids is 1. The molecule has 0 radical (unpaired) electrons. The fourth-order valence-electron chi connectivity index (χ4n) is 1.36. The lowest BCUT2D eigenvalue weighted by Crippen LogP contribution is -2.55. The van der Waals surface area contributed by atoms with E-state index in [1.807, 2.05) is 20.8 Å². The summed E-state index contributed by atoms with van der Waals surface area (Å²) in [6, 6.07) is -1.51. The molecule has 0 aliphatic carbocycles. The van der Waals surface area contributed by atoms with Gasteiger partial charge >= 0.3 is 12.0 Å². The van der Waals surface area contributed by atoms with Gasteiger partial charge in [-0.15, -0.1) is 6.58 Å². The molecule has 2 N–H and O–H groups in total. The van der Waals surface area contributed by atoms with Crippen LogP contribution < -0.4 is 5.32 Å². The van der Waals surface area contributed by atoms with Crippen molar-refractivity contribution in [3.8, 4) is 0 Å². The van der Waals surface area contributed by atoms with E-state index in [1.165, 1.54) is 12.0 Å². The molecule has 6 nitrogen and oxygen atoms in total. The molecule has 0 saturated heterocycles. The molecule has 0 aromatic heterocycles. The first-order valence-electron chi connectivity index (χ1n) is 5.64. The highest BCUT2D eigenvalue weighted by atomic mass is 16.5. The molecule has 2 amide bonds. The molecule has 0 aliphatic rings. The lowest BCUT2D eigenvalue weighted by molar-refractivity contribution is -0.140. The van der Waals surface area contributed by atoms with Crippen molar-refractivity contribution >= 4 is 12.0 Å². The highest BCUT2D eigenvalue weighted by molar-refractivity contribution is 5.83. The predicted molar refractivity (Wildman–Crippen MR) is 68.5 cm³/mol. The Morgan fingerprint density at radius 1 is 1.50 bits per heavy atom. The molecule has 6 heteroatoms. The molecule has 0 heterocycles. The number of carboxylic acid groups (broad SMARTS) is 1. The third kappa shape index (κ3) is 5.18. The number of carbonyl (C=O) groups is 2. The number of nitrogens with zero attached hydrogens (tertiary/aromatic N) is 1. The molecule has 1 unspecified atom stereocenters. The van der Waals surface area contributed by atoms with Crippen LogP contribution in [0.3, 0.4) is 0 Å². The van der Waals surface area contributed by atoms with Gasteiger partial charge in [0, 0.05) is 19.2 Å². The maximum Gasteiger partial charge on any atom is 0.328 e.